The quantitative estimate of drug-likeness (QED) is 0.797. The number of aryl methyl sites for hydroxylation is 1. The van der Waals surface area contributed by atoms with Crippen molar-refractivity contribution in [3.63, 3.8) is 0 Å². The minimum Gasteiger partial charge on any atom is -0.387 e. The Hall–Kier alpha value is -0.860. The minimum atomic E-state index is -0.426. The molecule has 0 aliphatic rings. The van der Waals surface area contributed by atoms with E-state index in [0.29, 0.717) is 6.54 Å². The number of rotatable bonds is 3. The molecule has 2 nitrogen and oxygen atoms in total. The van der Waals surface area contributed by atoms with E-state index in [0.717, 1.165) is 5.56 Å². The van der Waals surface area contributed by atoms with Crippen LogP contribution in [0, 0.1) is 6.92 Å². The van der Waals surface area contributed by atoms with Crippen LogP contribution >= 0.6 is 0 Å². The number of aliphatic hydroxyl groups excluding tert-OH is 1. The van der Waals surface area contributed by atoms with E-state index >= 15 is 0 Å². The van der Waals surface area contributed by atoms with E-state index in [1.165, 1.54) is 5.56 Å². The lowest BCUT2D eigenvalue weighted by Crippen LogP contribution is -2.38. The van der Waals surface area contributed by atoms with Gasteiger partial charge in [-0.1, -0.05) is 29.8 Å². The predicted molar refractivity (Wildman–Crippen MR) is 63.9 cm³/mol. The van der Waals surface area contributed by atoms with Gasteiger partial charge in [-0.3, -0.25) is 0 Å². The van der Waals surface area contributed by atoms with Gasteiger partial charge in [0.2, 0.25) is 0 Å². The number of hydrogen-bond donors (Lipinski definition) is 2. The van der Waals surface area contributed by atoms with Crippen LogP contribution in [0.15, 0.2) is 24.3 Å². The smallest absolute Gasteiger partial charge is 0.0914 e. The Labute approximate surface area is 92.3 Å². The molecule has 0 bridgehead atoms. The Balaban J connectivity index is 2.54. The van der Waals surface area contributed by atoms with E-state index in [1.807, 2.05) is 31.2 Å². The second-order valence-electron chi connectivity index (χ2n) is 5.06. The van der Waals surface area contributed by atoms with Crippen LogP contribution in [0.4, 0.5) is 0 Å². The van der Waals surface area contributed by atoms with E-state index in [1.54, 1.807) is 0 Å². The molecule has 1 unspecified atom stereocenters. The van der Waals surface area contributed by atoms with Crippen molar-refractivity contribution in [1.29, 1.82) is 0 Å². The van der Waals surface area contributed by atoms with Gasteiger partial charge < -0.3 is 10.4 Å². The van der Waals surface area contributed by atoms with Crippen molar-refractivity contribution in [3.05, 3.63) is 35.4 Å². The summed E-state index contributed by atoms with van der Waals surface area (Å²) < 4.78 is 0. The third kappa shape index (κ3) is 4.45. The van der Waals surface area contributed by atoms with Crippen LogP contribution < -0.4 is 5.32 Å². The highest BCUT2D eigenvalue weighted by Gasteiger charge is 2.13. The van der Waals surface area contributed by atoms with Crippen molar-refractivity contribution in [3.8, 4) is 0 Å². The average molecular weight is 207 g/mol. The van der Waals surface area contributed by atoms with Crippen molar-refractivity contribution in [2.75, 3.05) is 6.54 Å². The van der Waals surface area contributed by atoms with Gasteiger partial charge in [-0.25, -0.2) is 0 Å². The summed E-state index contributed by atoms with van der Waals surface area (Å²) in [7, 11) is 0. The number of aliphatic hydroxyl groups is 1. The van der Waals surface area contributed by atoms with Gasteiger partial charge in [0.1, 0.15) is 0 Å². The molecule has 0 spiro atoms. The molecule has 0 radical (unpaired) electrons. The van der Waals surface area contributed by atoms with Gasteiger partial charge >= 0.3 is 0 Å². The van der Waals surface area contributed by atoms with Gasteiger partial charge in [0.05, 0.1) is 6.10 Å². The normalized spacial score (nSPS) is 13.9. The molecule has 84 valence electrons. The molecule has 0 amide bonds. The van der Waals surface area contributed by atoms with Crippen molar-refractivity contribution in [1.82, 2.24) is 5.32 Å². The molecule has 2 heteroatoms. The van der Waals surface area contributed by atoms with E-state index in [2.05, 4.69) is 26.1 Å². The van der Waals surface area contributed by atoms with Crippen molar-refractivity contribution < 1.29 is 5.11 Å². The molecule has 2 N–H and O–H groups in total. The van der Waals surface area contributed by atoms with Crippen LogP contribution in [0.1, 0.15) is 38.0 Å². The summed E-state index contributed by atoms with van der Waals surface area (Å²) in [5.41, 5.74) is 2.23. The first-order valence-electron chi connectivity index (χ1n) is 5.38. The molecular formula is C13H21NO. The van der Waals surface area contributed by atoms with Gasteiger partial charge in [0.15, 0.2) is 0 Å². The van der Waals surface area contributed by atoms with Crippen molar-refractivity contribution >= 4 is 0 Å². The van der Waals surface area contributed by atoms with Crippen LogP contribution in [-0.2, 0) is 0 Å². The highest BCUT2D eigenvalue weighted by molar-refractivity contribution is 5.23. The first-order valence-corrected chi connectivity index (χ1v) is 5.38. The maximum atomic E-state index is 9.91. The standard InChI is InChI=1S/C13H21NO/c1-10-5-7-11(8-6-10)12(15)9-14-13(2,3)4/h5-8,12,14-15H,9H2,1-4H3. The van der Waals surface area contributed by atoms with E-state index < -0.39 is 6.10 Å². The monoisotopic (exact) mass is 207 g/mol. The van der Waals surface area contributed by atoms with Crippen LogP contribution in [0.2, 0.25) is 0 Å². The maximum Gasteiger partial charge on any atom is 0.0914 e. The zero-order valence-electron chi connectivity index (χ0n) is 10.0. The largest absolute Gasteiger partial charge is 0.387 e. The highest BCUT2D eigenvalue weighted by atomic mass is 16.3. The van der Waals surface area contributed by atoms with Gasteiger partial charge in [-0.15, -0.1) is 0 Å². The SMILES string of the molecule is Cc1ccc(C(O)CNC(C)(C)C)cc1. The summed E-state index contributed by atoms with van der Waals surface area (Å²) in [6.45, 7) is 8.91. The lowest BCUT2D eigenvalue weighted by Gasteiger charge is -2.23. The summed E-state index contributed by atoms with van der Waals surface area (Å²) in [6.07, 6.45) is -0.426. The summed E-state index contributed by atoms with van der Waals surface area (Å²) in [4.78, 5) is 0. The summed E-state index contributed by atoms with van der Waals surface area (Å²) in [5.74, 6) is 0. The number of benzene rings is 1. The molecule has 0 aliphatic heterocycles. The summed E-state index contributed by atoms with van der Waals surface area (Å²) >= 11 is 0. The lowest BCUT2D eigenvalue weighted by atomic mass is 10.1. The van der Waals surface area contributed by atoms with Crippen LogP contribution in [0.25, 0.3) is 0 Å². The minimum absolute atomic E-state index is 0.0473. The Morgan fingerprint density at radius 1 is 1.20 bits per heavy atom. The van der Waals surface area contributed by atoms with Gasteiger partial charge in [0.25, 0.3) is 0 Å². The number of β-amino-alcohol motifs (C(OH)–C–C–N with tert-alkyl or cyclic N) is 1. The molecule has 0 saturated heterocycles. The molecule has 0 heterocycles. The highest BCUT2D eigenvalue weighted by Crippen LogP contribution is 2.13. The van der Waals surface area contributed by atoms with Crippen LogP contribution in [-0.4, -0.2) is 17.2 Å². The third-order valence-corrected chi connectivity index (χ3v) is 2.29. The maximum absolute atomic E-state index is 9.91. The zero-order valence-corrected chi connectivity index (χ0v) is 10.0. The zero-order chi connectivity index (χ0) is 11.5. The summed E-state index contributed by atoms with van der Waals surface area (Å²) in [6, 6.07) is 8.00. The molecule has 0 aromatic heterocycles. The number of hydrogen-bond acceptors (Lipinski definition) is 2. The Bertz CT molecular complexity index is 297. The van der Waals surface area contributed by atoms with E-state index in [9.17, 15) is 5.11 Å². The van der Waals surface area contributed by atoms with E-state index in [4.69, 9.17) is 0 Å². The van der Waals surface area contributed by atoms with Gasteiger partial charge in [0, 0.05) is 12.1 Å². The average Bonchev–Trinajstić information content (AvgIpc) is 2.14. The number of nitrogens with one attached hydrogen (secondary N) is 1. The van der Waals surface area contributed by atoms with Crippen LogP contribution in [0.5, 0.6) is 0 Å². The topological polar surface area (TPSA) is 32.3 Å². The Morgan fingerprint density at radius 3 is 2.20 bits per heavy atom. The molecule has 1 aromatic rings. The lowest BCUT2D eigenvalue weighted by molar-refractivity contribution is 0.163. The fourth-order valence-electron chi connectivity index (χ4n) is 1.31. The molecular weight excluding hydrogens is 186 g/mol. The molecule has 1 aromatic carbocycles. The summed E-state index contributed by atoms with van der Waals surface area (Å²) in [5, 5.41) is 13.2. The first kappa shape index (κ1) is 12.2. The second kappa shape index (κ2) is 4.77. The molecule has 1 atom stereocenters. The van der Waals surface area contributed by atoms with Crippen molar-refractivity contribution in [2.45, 2.75) is 39.3 Å². The fraction of sp³-hybridized carbons (Fsp3) is 0.538. The van der Waals surface area contributed by atoms with Crippen LogP contribution in [0.3, 0.4) is 0 Å². The molecule has 0 fully saturated rings. The second-order valence-corrected chi connectivity index (χ2v) is 5.06. The molecule has 15 heavy (non-hydrogen) atoms. The van der Waals surface area contributed by atoms with Gasteiger partial charge in [-0.05, 0) is 33.3 Å². The predicted octanol–water partition coefficient (Wildman–Crippen LogP) is 2.42. The van der Waals surface area contributed by atoms with Gasteiger partial charge in [-0.2, -0.15) is 0 Å². The molecule has 1 rings (SSSR count). The van der Waals surface area contributed by atoms with E-state index in [-0.39, 0.29) is 5.54 Å². The Morgan fingerprint density at radius 2 is 1.73 bits per heavy atom. The van der Waals surface area contributed by atoms with Crippen molar-refractivity contribution in [2.24, 2.45) is 0 Å². The molecule has 0 aliphatic carbocycles. The fourth-order valence-corrected chi connectivity index (χ4v) is 1.31. The third-order valence-electron chi connectivity index (χ3n) is 2.29. The Kier molecular flexibility index (Phi) is 3.89. The molecule has 0 saturated carbocycles. The first-order chi connectivity index (χ1) is 6.88.